The van der Waals surface area contributed by atoms with Crippen LogP contribution in [0.5, 0.6) is 5.75 Å². The van der Waals surface area contributed by atoms with Gasteiger partial charge in [-0.15, -0.1) is 0 Å². The van der Waals surface area contributed by atoms with Crippen LogP contribution in [0.3, 0.4) is 0 Å². The van der Waals surface area contributed by atoms with Gasteiger partial charge in [0.25, 0.3) is 5.91 Å². The van der Waals surface area contributed by atoms with Crippen LogP contribution in [-0.2, 0) is 9.59 Å². The van der Waals surface area contributed by atoms with Gasteiger partial charge in [0.1, 0.15) is 5.75 Å². The summed E-state index contributed by atoms with van der Waals surface area (Å²) in [6, 6.07) is 10.5. The molecule has 0 unspecified atom stereocenters. The van der Waals surface area contributed by atoms with E-state index in [1.165, 1.54) is 0 Å². The third kappa shape index (κ3) is 6.90. The summed E-state index contributed by atoms with van der Waals surface area (Å²) in [6.45, 7) is 6.33. The van der Waals surface area contributed by atoms with Gasteiger partial charge in [0.15, 0.2) is 0 Å². The van der Waals surface area contributed by atoms with Crippen molar-refractivity contribution in [3.63, 3.8) is 0 Å². The van der Waals surface area contributed by atoms with Crippen LogP contribution in [0.2, 0.25) is 0 Å². The molecule has 0 saturated heterocycles. The van der Waals surface area contributed by atoms with Gasteiger partial charge in [0, 0.05) is 24.1 Å². The summed E-state index contributed by atoms with van der Waals surface area (Å²) in [5.74, 6) is -0.576. The smallest absolute Gasteiger partial charge is 0.269 e. The molecule has 2 rings (SSSR count). The molecule has 0 aliphatic carbocycles. The Labute approximate surface area is 178 Å². The lowest BCUT2D eigenvalue weighted by molar-refractivity contribution is -0.124. The molecular weight excluding hydrogens is 438 g/mol. The summed E-state index contributed by atoms with van der Waals surface area (Å²) in [4.78, 5) is 36.0. The van der Waals surface area contributed by atoms with Crippen molar-refractivity contribution in [2.45, 2.75) is 33.6 Å². The molecule has 154 valence electrons. The van der Waals surface area contributed by atoms with Crippen molar-refractivity contribution in [1.29, 1.82) is 0 Å². The highest BCUT2D eigenvalue weighted by Crippen LogP contribution is 2.25. The van der Waals surface area contributed by atoms with Gasteiger partial charge in [0.05, 0.1) is 11.1 Å². The van der Waals surface area contributed by atoms with Crippen LogP contribution in [0.1, 0.15) is 41.3 Å². The second-order valence-corrected chi connectivity index (χ2v) is 7.28. The summed E-state index contributed by atoms with van der Waals surface area (Å²) in [7, 11) is 0. The number of hydrazine groups is 1. The largest absolute Gasteiger partial charge is 0.493 e. The van der Waals surface area contributed by atoms with Crippen LogP contribution < -0.4 is 20.9 Å². The topological polar surface area (TPSA) is 96.5 Å². The Morgan fingerprint density at radius 1 is 0.931 bits per heavy atom. The van der Waals surface area contributed by atoms with Gasteiger partial charge in [-0.25, -0.2) is 0 Å². The van der Waals surface area contributed by atoms with Gasteiger partial charge in [-0.1, -0.05) is 6.07 Å². The van der Waals surface area contributed by atoms with Crippen molar-refractivity contribution in [2.24, 2.45) is 0 Å². The first-order valence-corrected chi connectivity index (χ1v) is 9.98. The molecule has 8 heteroatoms. The fraction of sp³-hybridized carbons (Fsp3) is 0.286. The zero-order chi connectivity index (χ0) is 21.4. The number of ether oxygens (including phenoxy) is 1. The van der Waals surface area contributed by atoms with E-state index in [-0.39, 0.29) is 18.7 Å². The summed E-state index contributed by atoms with van der Waals surface area (Å²) in [6.07, 6.45) is -0.0485. The number of hydrogen-bond acceptors (Lipinski definition) is 4. The van der Waals surface area contributed by atoms with Crippen LogP contribution >= 0.6 is 15.9 Å². The summed E-state index contributed by atoms with van der Waals surface area (Å²) >= 11 is 3.34. The van der Waals surface area contributed by atoms with Crippen LogP contribution in [0, 0.1) is 13.8 Å². The maximum atomic E-state index is 12.1. The number of halogens is 1. The average Bonchev–Trinajstić information content (AvgIpc) is 2.69. The normalized spacial score (nSPS) is 10.2. The van der Waals surface area contributed by atoms with Crippen LogP contribution in [0.4, 0.5) is 5.69 Å². The molecule has 7 nitrogen and oxygen atoms in total. The summed E-state index contributed by atoms with van der Waals surface area (Å²) in [5.41, 5.74) is 7.90. The number of hydrogen-bond donors (Lipinski definition) is 3. The third-order valence-corrected chi connectivity index (χ3v) is 4.80. The van der Waals surface area contributed by atoms with Crippen LogP contribution in [0.25, 0.3) is 0 Å². The quantitative estimate of drug-likeness (QED) is 0.548. The SMILES string of the molecule is CCOc1ccc(C(=O)NNC(=O)CCC(=O)Nc2ccc(C)c(C)c2)cc1Br. The first kappa shape index (κ1) is 22.4. The maximum Gasteiger partial charge on any atom is 0.269 e. The lowest BCUT2D eigenvalue weighted by Crippen LogP contribution is -2.41. The molecule has 0 atom stereocenters. The molecule has 0 spiro atoms. The lowest BCUT2D eigenvalue weighted by Gasteiger charge is -2.10. The van der Waals surface area contributed by atoms with E-state index >= 15 is 0 Å². The first-order valence-electron chi connectivity index (χ1n) is 9.18. The predicted molar refractivity (Wildman–Crippen MR) is 115 cm³/mol. The van der Waals surface area contributed by atoms with E-state index in [1.54, 1.807) is 18.2 Å². The molecule has 0 aliphatic rings. The van der Waals surface area contributed by atoms with Crippen molar-refractivity contribution in [3.05, 3.63) is 57.6 Å². The predicted octanol–water partition coefficient (Wildman–Crippen LogP) is 3.64. The van der Waals surface area contributed by atoms with E-state index in [2.05, 4.69) is 32.1 Å². The Kier molecular flexibility index (Phi) is 8.21. The maximum absolute atomic E-state index is 12.1. The second-order valence-electron chi connectivity index (χ2n) is 6.43. The summed E-state index contributed by atoms with van der Waals surface area (Å²) < 4.78 is 6.03. The Hall–Kier alpha value is -2.87. The van der Waals surface area contributed by atoms with Gasteiger partial charge in [-0.2, -0.15) is 0 Å². The highest BCUT2D eigenvalue weighted by Gasteiger charge is 2.12. The minimum atomic E-state index is -0.471. The lowest BCUT2D eigenvalue weighted by atomic mass is 10.1. The minimum absolute atomic E-state index is 0.00320. The average molecular weight is 462 g/mol. The molecule has 2 aromatic carbocycles. The molecule has 3 amide bonds. The monoisotopic (exact) mass is 461 g/mol. The molecule has 3 N–H and O–H groups in total. The molecule has 2 aromatic rings. The fourth-order valence-electron chi connectivity index (χ4n) is 2.45. The molecule has 0 heterocycles. The molecule has 29 heavy (non-hydrogen) atoms. The zero-order valence-corrected chi connectivity index (χ0v) is 18.2. The van der Waals surface area contributed by atoms with E-state index < -0.39 is 11.8 Å². The van der Waals surface area contributed by atoms with Crippen molar-refractivity contribution in [1.82, 2.24) is 10.9 Å². The molecular formula is C21H24BrN3O4. The highest BCUT2D eigenvalue weighted by molar-refractivity contribution is 9.10. The van der Waals surface area contributed by atoms with Gasteiger partial charge < -0.3 is 10.1 Å². The van der Waals surface area contributed by atoms with Gasteiger partial charge in [-0.05, 0) is 78.2 Å². The van der Waals surface area contributed by atoms with Crippen molar-refractivity contribution in [2.75, 3.05) is 11.9 Å². The Morgan fingerprint density at radius 2 is 1.66 bits per heavy atom. The van der Waals surface area contributed by atoms with Crippen LogP contribution in [-0.4, -0.2) is 24.3 Å². The second kappa shape index (κ2) is 10.6. The summed E-state index contributed by atoms with van der Waals surface area (Å²) in [5, 5.41) is 2.75. The van der Waals surface area contributed by atoms with E-state index in [4.69, 9.17) is 4.74 Å². The first-order chi connectivity index (χ1) is 13.8. The number of rotatable bonds is 7. The molecule has 0 aromatic heterocycles. The van der Waals surface area contributed by atoms with Crippen molar-refractivity contribution >= 4 is 39.3 Å². The number of carbonyl (C=O) groups is 3. The van der Waals surface area contributed by atoms with E-state index in [9.17, 15) is 14.4 Å². The van der Waals surface area contributed by atoms with E-state index in [0.717, 1.165) is 11.1 Å². The number of carbonyl (C=O) groups excluding carboxylic acids is 3. The van der Waals surface area contributed by atoms with Crippen molar-refractivity contribution < 1.29 is 19.1 Å². The van der Waals surface area contributed by atoms with E-state index in [1.807, 2.05) is 39.0 Å². The zero-order valence-electron chi connectivity index (χ0n) is 16.6. The molecule has 0 saturated carbocycles. The molecule has 0 aliphatic heterocycles. The van der Waals surface area contributed by atoms with E-state index in [0.29, 0.717) is 28.1 Å². The van der Waals surface area contributed by atoms with Gasteiger partial charge in [0.2, 0.25) is 11.8 Å². The molecule has 0 fully saturated rings. The van der Waals surface area contributed by atoms with Gasteiger partial charge >= 0.3 is 0 Å². The number of anilines is 1. The molecule has 0 bridgehead atoms. The van der Waals surface area contributed by atoms with Crippen molar-refractivity contribution in [3.8, 4) is 5.75 Å². The fourth-order valence-corrected chi connectivity index (χ4v) is 2.94. The standard InChI is InChI=1S/C21H24BrN3O4/c1-4-29-18-8-6-15(12-17(18)22)21(28)25-24-20(27)10-9-19(26)23-16-7-5-13(2)14(3)11-16/h5-8,11-12H,4,9-10H2,1-3H3,(H,23,26)(H,24,27)(H,25,28). The van der Waals surface area contributed by atoms with Gasteiger partial charge in [-0.3, -0.25) is 25.2 Å². The third-order valence-electron chi connectivity index (χ3n) is 4.18. The highest BCUT2D eigenvalue weighted by atomic mass is 79.9. The minimum Gasteiger partial charge on any atom is -0.493 e. The number of aryl methyl sites for hydroxylation is 2. The Morgan fingerprint density at radius 3 is 2.31 bits per heavy atom. The number of benzene rings is 2. The number of nitrogens with one attached hydrogen (secondary N) is 3. The molecule has 0 radical (unpaired) electrons. The van der Waals surface area contributed by atoms with Crippen LogP contribution in [0.15, 0.2) is 40.9 Å². The number of amides is 3. The Bertz CT molecular complexity index is 915. The Balaban J connectivity index is 1.77.